The lowest BCUT2D eigenvalue weighted by atomic mass is 9.82. The van der Waals surface area contributed by atoms with Crippen LogP contribution in [0.15, 0.2) is 71.9 Å². The van der Waals surface area contributed by atoms with E-state index in [1.54, 1.807) is 0 Å². The Kier molecular flexibility index (Phi) is 5.63. The number of fused-ring (bicyclic) bond motifs is 1. The molecular formula is C25H29NO2. The summed E-state index contributed by atoms with van der Waals surface area (Å²) in [5.41, 5.74) is 5.11. The molecule has 0 heterocycles. The summed E-state index contributed by atoms with van der Waals surface area (Å²) in [7, 11) is 0. The van der Waals surface area contributed by atoms with Gasteiger partial charge in [-0.2, -0.15) is 0 Å². The maximum atomic E-state index is 10.8. The van der Waals surface area contributed by atoms with Gasteiger partial charge in [0.15, 0.2) is 0 Å². The van der Waals surface area contributed by atoms with Gasteiger partial charge >= 0.3 is 5.97 Å². The highest BCUT2D eigenvalue weighted by molar-refractivity contribution is 5.70. The Morgan fingerprint density at radius 2 is 2.00 bits per heavy atom. The van der Waals surface area contributed by atoms with Gasteiger partial charge in [-0.25, -0.2) is 0 Å². The maximum Gasteiger partial charge on any atom is 0.307 e. The van der Waals surface area contributed by atoms with Gasteiger partial charge in [-0.1, -0.05) is 60.7 Å². The van der Waals surface area contributed by atoms with Crippen LogP contribution in [0.5, 0.6) is 0 Å². The van der Waals surface area contributed by atoms with Crippen LogP contribution in [0.2, 0.25) is 0 Å². The third kappa shape index (κ3) is 4.20. The van der Waals surface area contributed by atoms with Crippen molar-refractivity contribution in [3.05, 3.63) is 83.0 Å². The van der Waals surface area contributed by atoms with Crippen LogP contribution >= 0.6 is 0 Å². The molecule has 3 heteroatoms. The predicted molar refractivity (Wildman–Crippen MR) is 113 cm³/mol. The molecule has 3 aliphatic carbocycles. The Hall–Kier alpha value is -2.39. The zero-order chi connectivity index (χ0) is 19.5. The SMILES string of the molecule is C[C@@H](N[C@H]1CC[C@@H](c2ccc(CC(=O)O)cc2)C1)C1=C2C=CC=CC2CC=C1. The van der Waals surface area contributed by atoms with E-state index in [-0.39, 0.29) is 6.42 Å². The van der Waals surface area contributed by atoms with Crippen LogP contribution in [0.4, 0.5) is 0 Å². The van der Waals surface area contributed by atoms with Crippen molar-refractivity contribution < 1.29 is 9.90 Å². The van der Waals surface area contributed by atoms with Crippen LogP contribution in [0.3, 0.4) is 0 Å². The first-order valence-corrected chi connectivity index (χ1v) is 10.4. The molecule has 1 aromatic rings. The first-order chi connectivity index (χ1) is 13.6. The van der Waals surface area contributed by atoms with E-state index in [9.17, 15) is 4.79 Å². The zero-order valence-corrected chi connectivity index (χ0v) is 16.5. The fourth-order valence-corrected chi connectivity index (χ4v) is 4.89. The molecule has 0 aromatic heterocycles. The van der Waals surface area contributed by atoms with E-state index in [1.165, 1.54) is 29.6 Å². The number of nitrogens with one attached hydrogen (secondary N) is 1. The molecule has 0 amide bonds. The molecule has 28 heavy (non-hydrogen) atoms. The molecule has 146 valence electrons. The van der Waals surface area contributed by atoms with Crippen molar-refractivity contribution >= 4 is 5.97 Å². The molecule has 1 aromatic carbocycles. The highest BCUT2D eigenvalue weighted by Crippen LogP contribution is 2.36. The van der Waals surface area contributed by atoms with E-state index in [4.69, 9.17) is 5.11 Å². The quantitative estimate of drug-likeness (QED) is 0.741. The number of aliphatic carboxylic acids is 1. The van der Waals surface area contributed by atoms with Gasteiger partial charge < -0.3 is 10.4 Å². The Morgan fingerprint density at radius 3 is 2.79 bits per heavy atom. The fourth-order valence-electron chi connectivity index (χ4n) is 4.89. The van der Waals surface area contributed by atoms with Crippen LogP contribution in [0.1, 0.15) is 49.7 Å². The molecule has 1 unspecified atom stereocenters. The van der Waals surface area contributed by atoms with Gasteiger partial charge in [0.1, 0.15) is 0 Å². The second-order valence-electron chi connectivity index (χ2n) is 8.31. The van der Waals surface area contributed by atoms with Crippen molar-refractivity contribution in [1.29, 1.82) is 0 Å². The Bertz CT molecular complexity index is 844. The van der Waals surface area contributed by atoms with E-state index in [0.29, 0.717) is 23.9 Å². The second-order valence-corrected chi connectivity index (χ2v) is 8.31. The molecule has 2 N–H and O–H groups in total. The van der Waals surface area contributed by atoms with Crippen LogP contribution in [0.25, 0.3) is 0 Å². The van der Waals surface area contributed by atoms with Gasteiger partial charge in [-0.15, -0.1) is 0 Å². The number of rotatable bonds is 6. The number of carboxylic acids is 1. The zero-order valence-electron chi connectivity index (χ0n) is 16.5. The number of carboxylic acid groups (broad SMARTS) is 1. The summed E-state index contributed by atoms with van der Waals surface area (Å²) in [6, 6.07) is 9.06. The Balaban J connectivity index is 1.37. The van der Waals surface area contributed by atoms with E-state index in [0.717, 1.165) is 18.4 Å². The Morgan fingerprint density at radius 1 is 1.18 bits per heavy atom. The second kappa shape index (κ2) is 8.32. The minimum Gasteiger partial charge on any atom is -0.481 e. The average molecular weight is 376 g/mol. The lowest BCUT2D eigenvalue weighted by Gasteiger charge is -2.28. The number of benzene rings is 1. The molecule has 3 nitrogen and oxygen atoms in total. The predicted octanol–water partition coefficient (Wildman–Crippen LogP) is 4.93. The van der Waals surface area contributed by atoms with E-state index in [1.807, 2.05) is 12.1 Å². The van der Waals surface area contributed by atoms with Crippen molar-refractivity contribution in [3.63, 3.8) is 0 Å². The highest BCUT2D eigenvalue weighted by Gasteiger charge is 2.28. The van der Waals surface area contributed by atoms with Crippen molar-refractivity contribution in [2.45, 2.75) is 57.0 Å². The third-order valence-electron chi connectivity index (χ3n) is 6.34. The van der Waals surface area contributed by atoms with Crippen molar-refractivity contribution in [2.24, 2.45) is 5.92 Å². The molecule has 0 spiro atoms. The van der Waals surface area contributed by atoms with Crippen LogP contribution in [0, 0.1) is 5.92 Å². The lowest BCUT2D eigenvalue weighted by Crippen LogP contribution is -2.37. The van der Waals surface area contributed by atoms with Crippen molar-refractivity contribution in [2.75, 3.05) is 0 Å². The van der Waals surface area contributed by atoms with Gasteiger partial charge in [0, 0.05) is 18.0 Å². The minimum absolute atomic E-state index is 0.0994. The molecule has 3 aliphatic rings. The van der Waals surface area contributed by atoms with E-state index < -0.39 is 5.97 Å². The third-order valence-corrected chi connectivity index (χ3v) is 6.34. The first-order valence-electron chi connectivity index (χ1n) is 10.4. The molecule has 0 aliphatic heterocycles. The summed E-state index contributed by atoms with van der Waals surface area (Å²) < 4.78 is 0. The van der Waals surface area contributed by atoms with Crippen LogP contribution < -0.4 is 5.32 Å². The van der Waals surface area contributed by atoms with Gasteiger partial charge in [0.2, 0.25) is 0 Å². The summed E-state index contributed by atoms with van der Waals surface area (Å²) >= 11 is 0. The summed E-state index contributed by atoms with van der Waals surface area (Å²) in [5.74, 6) is 0.327. The maximum absolute atomic E-state index is 10.8. The van der Waals surface area contributed by atoms with Crippen molar-refractivity contribution in [3.8, 4) is 0 Å². The standard InChI is InChI=1S/C25H29NO2/c1-17(23-8-4-6-20-5-2-3-7-24(20)23)26-22-14-13-21(16-22)19-11-9-18(10-12-19)15-25(27)28/h2-5,7-12,17,20-22,26H,6,13-16H2,1H3,(H,27,28)/t17-,20?,21-,22+/m1/s1. The topological polar surface area (TPSA) is 49.3 Å². The van der Waals surface area contributed by atoms with Crippen LogP contribution in [-0.4, -0.2) is 23.2 Å². The largest absolute Gasteiger partial charge is 0.481 e. The minimum atomic E-state index is -0.774. The normalized spacial score (nSPS) is 27.1. The van der Waals surface area contributed by atoms with Gasteiger partial charge in [0.25, 0.3) is 0 Å². The average Bonchev–Trinajstić information content (AvgIpc) is 3.16. The fraction of sp³-hybridized carbons (Fsp3) is 0.400. The summed E-state index contributed by atoms with van der Waals surface area (Å²) in [6.45, 7) is 2.29. The van der Waals surface area contributed by atoms with E-state index >= 15 is 0 Å². The molecular weight excluding hydrogens is 346 g/mol. The molecule has 1 saturated carbocycles. The molecule has 0 saturated heterocycles. The lowest BCUT2D eigenvalue weighted by molar-refractivity contribution is -0.136. The van der Waals surface area contributed by atoms with Crippen LogP contribution in [-0.2, 0) is 11.2 Å². The molecule has 1 fully saturated rings. The summed E-state index contributed by atoms with van der Waals surface area (Å²) in [5, 5.41) is 12.8. The van der Waals surface area contributed by atoms with Crippen molar-refractivity contribution in [1.82, 2.24) is 5.32 Å². The summed E-state index contributed by atoms with van der Waals surface area (Å²) in [4.78, 5) is 10.8. The molecule has 4 atom stereocenters. The number of allylic oxidation sites excluding steroid dienone is 6. The number of hydrogen-bond donors (Lipinski definition) is 2. The first kappa shape index (κ1) is 18.9. The Labute approximate surface area is 167 Å². The number of hydrogen-bond acceptors (Lipinski definition) is 2. The number of carbonyl (C=O) groups is 1. The molecule has 0 radical (unpaired) electrons. The monoisotopic (exact) mass is 375 g/mol. The smallest absolute Gasteiger partial charge is 0.307 e. The van der Waals surface area contributed by atoms with Gasteiger partial charge in [-0.3, -0.25) is 4.79 Å². The van der Waals surface area contributed by atoms with E-state index in [2.05, 4.69) is 60.8 Å². The molecule has 4 rings (SSSR count). The van der Waals surface area contributed by atoms with Gasteiger partial charge in [-0.05, 0) is 60.8 Å². The summed E-state index contributed by atoms with van der Waals surface area (Å²) in [6.07, 6.45) is 18.2. The van der Waals surface area contributed by atoms with Gasteiger partial charge in [0.05, 0.1) is 6.42 Å². The molecule has 0 bridgehead atoms. The highest BCUT2D eigenvalue weighted by atomic mass is 16.4.